The van der Waals surface area contributed by atoms with E-state index in [2.05, 4.69) is 20.3 Å². The molecule has 0 saturated carbocycles. The van der Waals surface area contributed by atoms with Crippen molar-refractivity contribution in [1.82, 2.24) is 14.8 Å². The molecule has 0 bridgehead atoms. The van der Waals surface area contributed by atoms with E-state index in [1.165, 1.54) is 6.07 Å². The van der Waals surface area contributed by atoms with Crippen molar-refractivity contribution >= 4 is 22.4 Å². The zero-order chi connectivity index (χ0) is 13.4. The van der Waals surface area contributed by atoms with E-state index in [4.69, 9.17) is 0 Å². The first-order chi connectivity index (χ1) is 9.16. The Hall–Kier alpha value is -2.83. The van der Waals surface area contributed by atoms with Gasteiger partial charge in [0, 0.05) is 30.8 Å². The van der Waals surface area contributed by atoms with Gasteiger partial charge in [0.2, 0.25) is 0 Å². The van der Waals surface area contributed by atoms with Crippen LogP contribution in [0, 0.1) is 0 Å². The molecule has 7 heteroatoms. The fourth-order valence-corrected chi connectivity index (χ4v) is 1.83. The summed E-state index contributed by atoms with van der Waals surface area (Å²) < 4.78 is 1.55. The molecule has 2 heterocycles. The van der Waals surface area contributed by atoms with Gasteiger partial charge in [0.05, 0.1) is 11.7 Å². The highest BCUT2D eigenvalue weighted by Gasteiger charge is 2.12. The Morgan fingerprint density at radius 1 is 1.26 bits per heavy atom. The lowest BCUT2D eigenvalue weighted by Crippen LogP contribution is -1.86. The minimum atomic E-state index is -0.294. The predicted octanol–water partition coefficient (Wildman–Crippen LogP) is 2.73. The van der Waals surface area contributed by atoms with Crippen LogP contribution >= 0.6 is 0 Å². The molecule has 96 valence electrons. The Morgan fingerprint density at radius 2 is 2.11 bits per heavy atom. The fraction of sp³-hybridized carbons (Fsp3) is 0.0833. The van der Waals surface area contributed by atoms with Crippen molar-refractivity contribution < 1.29 is 10.2 Å². The highest BCUT2D eigenvalue weighted by molar-refractivity contribution is 5.95. The lowest BCUT2D eigenvalue weighted by Gasteiger charge is -2.02. The van der Waals surface area contributed by atoms with E-state index in [0.717, 1.165) is 0 Å². The number of phenolic OH excluding ortho intramolecular Hbond substituents is 2. The van der Waals surface area contributed by atoms with E-state index < -0.39 is 0 Å². The van der Waals surface area contributed by atoms with E-state index in [0.29, 0.717) is 16.7 Å². The maximum absolute atomic E-state index is 9.87. The molecule has 0 saturated heterocycles. The van der Waals surface area contributed by atoms with Gasteiger partial charge in [0.25, 0.3) is 0 Å². The molecule has 3 aromatic rings. The fourth-order valence-electron chi connectivity index (χ4n) is 1.83. The Morgan fingerprint density at radius 3 is 2.84 bits per heavy atom. The number of azo groups is 1. The van der Waals surface area contributed by atoms with Crippen LogP contribution < -0.4 is 0 Å². The maximum atomic E-state index is 9.87. The maximum Gasteiger partial charge on any atom is 0.186 e. The third-order valence-electron chi connectivity index (χ3n) is 2.83. The van der Waals surface area contributed by atoms with Gasteiger partial charge in [-0.05, 0) is 6.07 Å². The van der Waals surface area contributed by atoms with Crippen molar-refractivity contribution in [3.05, 3.63) is 30.6 Å². The Kier molecular flexibility index (Phi) is 2.45. The average molecular weight is 257 g/mol. The molecular formula is C12H11N5O2. The molecule has 1 aromatic carbocycles. The molecule has 3 N–H and O–H groups in total. The van der Waals surface area contributed by atoms with E-state index in [1.54, 1.807) is 36.3 Å². The highest BCUT2D eigenvalue weighted by Crippen LogP contribution is 2.42. The molecule has 0 atom stereocenters. The minimum Gasteiger partial charge on any atom is -0.504 e. The number of rotatable bonds is 2. The van der Waals surface area contributed by atoms with Crippen LogP contribution in [0.25, 0.3) is 10.9 Å². The van der Waals surface area contributed by atoms with Crippen molar-refractivity contribution in [2.75, 3.05) is 0 Å². The van der Waals surface area contributed by atoms with Crippen LogP contribution in [0.15, 0.2) is 40.8 Å². The first-order valence-electron chi connectivity index (χ1n) is 5.58. The lowest BCUT2D eigenvalue weighted by atomic mass is 10.2. The van der Waals surface area contributed by atoms with Crippen molar-refractivity contribution in [3.8, 4) is 11.5 Å². The minimum absolute atomic E-state index is 0.220. The average Bonchev–Trinajstić information content (AvgIpc) is 2.99. The van der Waals surface area contributed by atoms with Gasteiger partial charge in [-0.1, -0.05) is 0 Å². The van der Waals surface area contributed by atoms with Gasteiger partial charge in [0.15, 0.2) is 17.3 Å². The highest BCUT2D eigenvalue weighted by atomic mass is 16.3. The SMILES string of the molecule is Cn1nccc1/N=N/c1c(O)c(O)cc2[nH]ccc12. The van der Waals surface area contributed by atoms with Crippen LogP contribution in [0.3, 0.4) is 0 Å². The van der Waals surface area contributed by atoms with Gasteiger partial charge in [-0.15, -0.1) is 10.2 Å². The van der Waals surface area contributed by atoms with Gasteiger partial charge in [-0.25, -0.2) is 4.68 Å². The molecule has 3 rings (SSSR count). The number of H-pyrrole nitrogens is 1. The Bertz CT molecular complexity index is 772. The molecule has 19 heavy (non-hydrogen) atoms. The number of aromatic amines is 1. The molecule has 0 amide bonds. The van der Waals surface area contributed by atoms with E-state index in [-0.39, 0.29) is 17.2 Å². The summed E-state index contributed by atoms with van der Waals surface area (Å²) in [6.07, 6.45) is 3.30. The standard InChI is InChI=1S/C12H11N5O2/c1-17-10(3-5-14-17)15-16-11-7-2-4-13-8(7)6-9(18)12(11)19/h2-6,13,18-19H,1H3/b16-15+. The Balaban J connectivity index is 2.14. The van der Waals surface area contributed by atoms with Crippen LogP contribution in [-0.2, 0) is 7.05 Å². The second-order valence-corrected chi connectivity index (χ2v) is 4.04. The topological polar surface area (TPSA) is 98.8 Å². The summed E-state index contributed by atoms with van der Waals surface area (Å²) >= 11 is 0. The first-order valence-corrected chi connectivity index (χ1v) is 5.58. The number of aryl methyl sites for hydroxylation is 1. The molecule has 0 spiro atoms. The lowest BCUT2D eigenvalue weighted by molar-refractivity contribution is 0.405. The van der Waals surface area contributed by atoms with Crippen LogP contribution in [0.5, 0.6) is 11.5 Å². The Labute approximate surface area is 107 Å². The van der Waals surface area contributed by atoms with Crippen LogP contribution in [0.2, 0.25) is 0 Å². The largest absolute Gasteiger partial charge is 0.504 e. The third-order valence-corrected chi connectivity index (χ3v) is 2.83. The second kappa shape index (κ2) is 4.13. The molecule has 0 aliphatic rings. The zero-order valence-electron chi connectivity index (χ0n) is 10.1. The van der Waals surface area contributed by atoms with Crippen LogP contribution in [0.4, 0.5) is 11.5 Å². The van der Waals surface area contributed by atoms with Crippen molar-refractivity contribution in [1.29, 1.82) is 0 Å². The molecule has 0 aliphatic carbocycles. The van der Waals surface area contributed by atoms with Crippen molar-refractivity contribution in [3.63, 3.8) is 0 Å². The number of benzene rings is 1. The summed E-state index contributed by atoms with van der Waals surface area (Å²) in [4.78, 5) is 2.94. The van der Waals surface area contributed by atoms with E-state index in [9.17, 15) is 10.2 Å². The number of fused-ring (bicyclic) bond motifs is 1. The molecule has 0 aliphatic heterocycles. The monoisotopic (exact) mass is 257 g/mol. The van der Waals surface area contributed by atoms with Gasteiger partial charge in [-0.2, -0.15) is 5.10 Å². The molecule has 0 unspecified atom stereocenters. The number of aromatic hydroxyl groups is 2. The number of nitrogens with zero attached hydrogens (tertiary/aromatic N) is 4. The second-order valence-electron chi connectivity index (χ2n) is 4.04. The number of nitrogens with one attached hydrogen (secondary N) is 1. The summed E-state index contributed by atoms with van der Waals surface area (Å²) in [6.45, 7) is 0. The molecule has 0 fully saturated rings. The molecule has 7 nitrogen and oxygen atoms in total. The number of phenols is 2. The van der Waals surface area contributed by atoms with Gasteiger partial charge < -0.3 is 15.2 Å². The van der Waals surface area contributed by atoms with E-state index >= 15 is 0 Å². The van der Waals surface area contributed by atoms with Gasteiger partial charge in [0.1, 0.15) is 5.69 Å². The number of aromatic nitrogens is 3. The first kappa shape index (κ1) is 11.3. The van der Waals surface area contributed by atoms with Crippen molar-refractivity contribution in [2.45, 2.75) is 0 Å². The third kappa shape index (κ3) is 1.81. The summed E-state index contributed by atoms with van der Waals surface area (Å²) in [5.41, 5.74) is 0.895. The number of hydrogen-bond donors (Lipinski definition) is 3. The molecule has 0 radical (unpaired) electrons. The smallest absolute Gasteiger partial charge is 0.186 e. The summed E-state index contributed by atoms with van der Waals surface area (Å²) in [5.74, 6) is 0.0124. The van der Waals surface area contributed by atoms with Crippen molar-refractivity contribution in [2.24, 2.45) is 17.3 Å². The van der Waals surface area contributed by atoms with Gasteiger partial charge in [-0.3, -0.25) is 0 Å². The van der Waals surface area contributed by atoms with Crippen LogP contribution in [0.1, 0.15) is 0 Å². The summed E-state index contributed by atoms with van der Waals surface area (Å²) in [6, 6.07) is 4.89. The zero-order valence-corrected chi connectivity index (χ0v) is 10.1. The quantitative estimate of drug-likeness (QED) is 0.486. The molecular weight excluding hydrogens is 246 g/mol. The molecule has 2 aromatic heterocycles. The summed E-state index contributed by atoms with van der Waals surface area (Å²) in [5, 5.41) is 32.2. The van der Waals surface area contributed by atoms with Crippen LogP contribution in [-0.4, -0.2) is 25.0 Å². The predicted molar refractivity (Wildman–Crippen MR) is 69.0 cm³/mol. The normalized spacial score (nSPS) is 11.6. The number of hydrogen-bond acceptors (Lipinski definition) is 5. The van der Waals surface area contributed by atoms with E-state index in [1.807, 2.05) is 0 Å². The summed E-state index contributed by atoms with van der Waals surface area (Å²) in [7, 11) is 1.74. The van der Waals surface area contributed by atoms with Gasteiger partial charge >= 0.3 is 0 Å².